The van der Waals surface area contributed by atoms with Crippen LogP contribution in [0.3, 0.4) is 0 Å². The van der Waals surface area contributed by atoms with E-state index in [2.05, 4.69) is 65.8 Å². The van der Waals surface area contributed by atoms with Gasteiger partial charge in [0.1, 0.15) is 19.3 Å². The normalized spacial score (nSPS) is 14.1. The average Bonchev–Trinajstić information content (AvgIpc) is 0.962. The molecule has 590 valence electrons. The molecule has 100 heavy (non-hydrogen) atoms. The van der Waals surface area contributed by atoms with Gasteiger partial charge in [0, 0.05) is 25.7 Å². The van der Waals surface area contributed by atoms with Gasteiger partial charge in [-0.2, -0.15) is 0 Å². The molecule has 0 aromatic heterocycles. The smallest absolute Gasteiger partial charge is 0.462 e. The van der Waals surface area contributed by atoms with E-state index >= 15 is 0 Å². The van der Waals surface area contributed by atoms with Gasteiger partial charge in [0.25, 0.3) is 0 Å². The van der Waals surface area contributed by atoms with E-state index in [0.29, 0.717) is 25.7 Å². The van der Waals surface area contributed by atoms with Crippen molar-refractivity contribution in [2.45, 2.75) is 419 Å². The molecular formula is C81H154O17P2. The first kappa shape index (κ1) is 97.5. The fourth-order valence-corrected chi connectivity index (χ4v) is 13.6. The minimum absolute atomic E-state index is 0.102. The molecule has 5 atom stereocenters. The van der Waals surface area contributed by atoms with Gasteiger partial charge in [-0.15, -0.1) is 0 Å². The fraction of sp³-hybridized carbons (Fsp3) is 0.901. The lowest BCUT2D eigenvalue weighted by atomic mass is 10.0. The van der Waals surface area contributed by atoms with Gasteiger partial charge in [-0.1, -0.05) is 348 Å². The molecule has 0 aliphatic heterocycles. The zero-order valence-electron chi connectivity index (χ0n) is 65.0. The number of unbranched alkanes of at least 4 members (excludes halogenated alkanes) is 45. The Hall–Kier alpha value is -2.46. The highest BCUT2D eigenvalue weighted by Crippen LogP contribution is 2.45. The quantitative estimate of drug-likeness (QED) is 0.0169. The van der Waals surface area contributed by atoms with Crippen LogP contribution in [0.2, 0.25) is 0 Å². The Labute approximate surface area is 612 Å². The third kappa shape index (κ3) is 73.8. The van der Waals surface area contributed by atoms with Crippen molar-refractivity contribution in [3.05, 3.63) is 24.3 Å². The number of hydrogen-bond donors (Lipinski definition) is 3. The van der Waals surface area contributed by atoms with Crippen LogP contribution < -0.4 is 0 Å². The SMILES string of the molecule is CCCCCC/C=C\C=C/CCCCCCCC(=O)OC[C@H](COP(=O)(O)OC[C@@H](O)COP(=O)(O)OC[C@@H](COC(=O)CCCCCCCCCCC(C)C)OC(=O)CCCCCCCCCCCCCC(C)C)OC(=O)CCCCCCCCCCCCCCCCCCCCCC. The largest absolute Gasteiger partial charge is 0.472 e. The van der Waals surface area contributed by atoms with Crippen molar-refractivity contribution in [3.63, 3.8) is 0 Å². The van der Waals surface area contributed by atoms with Gasteiger partial charge in [0.15, 0.2) is 12.2 Å². The second-order valence-corrected chi connectivity index (χ2v) is 32.3. The monoisotopic (exact) mass is 1460 g/mol. The third-order valence-electron chi connectivity index (χ3n) is 18.3. The Morgan fingerprint density at radius 1 is 0.310 bits per heavy atom. The van der Waals surface area contributed by atoms with Gasteiger partial charge < -0.3 is 33.8 Å². The van der Waals surface area contributed by atoms with Crippen molar-refractivity contribution in [2.75, 3.05) is 39.6 Å². The number of aliphatic hydroxyl groups excluding tert-OH is 1. The third-order valence-corrected chi connectivity index (χ3v) is 20.2. The van der Waals surface area contributed by atoms with Gasteiger partial charge in [-0.3, -0.25) is 37.3 Å². The summed E-state index contributed by atoms with van der Waals surface area (Å²) in [5.41, 5.74) is 0. The molecule has 0 fully saturated rings. The Balaban J connectivity index is 5.27. The number of allylic oxidation sites excluding steroid dienone is 4. The first-order chi connectivity index (χ1) is 48.4. The number of carbonyl (C=O) groups excluding carboxylic acids is 4. The minimum Gasteiger partial charge on any atom is -0.462 e. The highest BCUT2D eigenvalue weighted by Gasteiger charge is 2.30. The number of esters is 4. The predicted molar refractivity (Wildman–Crippen MR) is 409 cm³/mol. The summed E-state index contributed by atoms with van der Waals surface area (Å²) < 4.78 is 68.7. The molecule has 0 aromatic carbocycles. The zero-order chi connectivity index (χ0) is 73.5. The Morgan fingerprint density at radius 2 is 0.540 bits per heavy atom. The molecule has 19 heteroatoms. The highest BCUT2D eigenvalue weighted by molar-refractivity contribution is 7.47. The maximum Gasteiger partial charge on any atom is 0.472 e. The van der Waals surface area contributed by atoms with E-state index < -0.39 is 97.5 Å². The van der Waals surface area contributed by atoms with Crippen molar-refractivity contribution >= 4 is 39.5 Å². The van der Waals surface area contributed by atoms with Crippen LogP contribution in [-0.4, -0.2) is 96.7 Å². The molecule has 0 heterocycles. The van der Waals surface area contributed by atoms with Crippen LogP contribution in [0.4, 0.5) is 0 Å². The fourth-order valence-electron chi connectivity index (χ4n) is 12.0. The summed E-state index contributed by atoms with van der Waals surface area (Å²) in [5.74, 6) is -0.652. The molecule has 0 bridgehead atoms. The Bertz CT molecular complexity index is 2020. The standard InChI is InChI=1S/C81H154O17P2/c1-7-9-11-13-15-17-19-21-23-24-25-26-27-29-31-35-39-47-53-59-65-80(85)97-76(69-91-78(83)63-57-51-45-38-34-30-28-22-20-18-16-14-12-10-8-2)71-95-99(87,88)93-67-75(82)68-94-100(89,90)96-72-77(70-92-79(84)64-58-52-46-42-41-44-50-56-62-74(5)6)98-81(86)66-60-54-48-40-36-32-33-37-43-49-55-61-73(3)4/h18,20,22,28,73-77,82H,7-17,19,21,23-27,29-72H2,1-6H3,(H,87,88)(H,89,90)/b20-18-,28-22-/t75-,76-,77-/m1/s1. The van der Waals surface area contributed by atoms with E-state index in [1.165, 1.54) is 199 Å². The number of phosphoric acid groups is 2. The van der Waals surface area contributed by atoms with Crippen molar-refractivity contribution in [3.8, 4) is 0 Å². The van der Waals surface area contributed by atoms with Crippen LogP contribution in [0.5, 0.6) is 0 Å². The zero-order valence-corrected chi connectivity index (χ0v) is 66.8. The van der Waals surface area contributed by atoms with Crippen LogP contribution in [0, 0.1) is 11.8 Å². The number of ether oxygens (including phenoxy) is 4. The molecule has 0 amide bonds. The summed E-state index contributed by atoms with van der Waals surface area (Å²) in [5, 5.41) is 10.6. The summed E-state index contributed by atoms with van der Waals surface area (Å²) >= 11 is 0. The molecule has 3 N–H and O–H groups in total. The average molecular weight is 1460 g/mol. The predicted octanol–water partition coefficient (Wildman–Crippen LogP) is 23.8. The summed E-state index contributed by atoms with van der Waals surface area (Å²) in [7, 11) is -9.93. The lowest BCUT2D eigenvalue weighted by Crippen LogP contribution is -2.30. The topological polar surface area (TPSA) is 237 Å². The number of phosphoric ester groups is 2. The molecule has 17 nitrogen and oxygen atoms in total. The lowest BCUT2D eigenvalue weighted by molar-refractivity contribution is -0.161. The van der Waals surface area contributed by atoms with E-state index in [4.69, 9.17) is 37.0 Å². The van der Waals surface area contributed by atoms with Gasteiger partial charge in [-0.25, -0.2) is 9.13 Å². The molecule has 0 spiro atoms. The summed E-state index contributed by atoms with van der Waals surface area (Å²) in [6.07, 6.45) is 64.7. The maximum atomic E-state index is 13.1. The van der Waals surface area contributed by atoms with Gasteiger partial charge in [-0.05, 0) is 63.2 Å². The first-order valence-electron chi connectivity index (χ1n) is 41.3. The molecule has 0 aliphatic carbocycles. The van der Waals surface area contributed by atoms with Crippen LogP contribution >= 0.6 is 15.6 Å². The van der Waals surface area contributed by atoms with E-state index in [9.17, 15) is 43.2 Å². The Morgan fingerprint density at radius 3 is 0.820 bits per heavy atom. The van der Waals surface area contributed by atoms with E-state index in [1.807, 2.05) is 0 Å². The minimum atomic E-state index is -4.97. The van der Waals surface area contributed by atoms with Crippen molar-refractivity contribution in [1.29, 1.82) is 0 Å². The van der Waals surface area contributed by atoms with E-state index in [0.717, 1.165) is 121 Å². The summed E-state index contributed by atoms with van der Waals surface area (Å²) in [6, 6.07) is 0. The summed E-state index contributed by atoms with van der Waals surface area (Å²) in [4.78, 5) is 73.0. The van der Waals surface area contributed by atoms with Gasteiger partial charge in [0.2, 0.25) is 0 Å². The second-order valence-electron chi connectivity index (χ2n) is 29.4. The number of carbonyl (C=O) groups is 4. The lowest BCUT2D eigenvalue weighted by Gasteiger charge is -2.21. The number of aliphatic hydroxyl groups is 1. The van der Waals surface area contributed by atoms with Gasteiger partial charge in [0.05, 0.1) is 26.4 Å². The molecule has 0 saturated heterocycles. The molecule has 0 radical (unpaired) electrons. The van der Waals surface area contributed by atoms with Crippen LogP contribution in [0.15, 0.2) is 24.3 Å². The van der Waals surface area contributed by atoms with E-state index in [1.54, 1.807) is 0 Å². The second kappa shape index (κ2) is 72.1. The van der Waals surface area contributed by atoms with Crippen molar-refractivity contribution in [1.82, 2.24) is 0 Å². The number of rotatable bonds is 78. The molecule has 0 aliphatic rings. The Kier molecular flexibility index (Phi) is 70.3. The maximum absolute atomic E-state index is 13.1. The highest BCUT2D eigenvalue weighted by atomic mass is 31.2. The van der Waals surface area contributed by atoms with Crippen LogP contribution in [-0.2, 0) is 65.4 Å². The molecule has 0 saturated carbocycles. The molecule has 0 rings (SSSR count). The van der Waals surface area contributed by atoms with Crippen LogP contribution in [0.25, 0.3) is 0 Å². The first-order valence-corrected chi connectivity index (χ1v) is 44.3. The molecular weight excluding hydrogens is 1310 g/mol. The van der Waals surface area contributed by atoms with Crippen molar-refractivity contribution in [2.24, 2.45) is 11.8 Å². The number of hydrogen-bond acceptors (Lipinski definition) is 15. The molecule has 2 unspecified atom stereocenters. The van der Waals surface area contributed by atoms with E-state index in [-0.39, 0.29) is 25.7 Å². The summed E-state index contributed by atoms with van der Waals surface area (Å²) in [6.45, 7) is 9.53. The van der Waals surface area contributed by atoms with Crippen LogP contribution in [0.1, 0.15) is 401 Å². The van der Waals surface area contributed by atoms with Crippen molar-refractivity contribution < 1.29 is 80.2 Å². The van der Waals surface area contributed by atoms with Gasteiger partial charge >= 0.3 is 39.5 Å². The molecule has 0 aromatic rings.